The zero-order chi connectivity index (χ0) is 13.0. The highest BCUT2D eigenvalue weighted by Gasteiger charge is 2.13. The van der Waals surface area contributed by atoms with Gasteiger partial charge in [0, 0.05) is 23.2 Å². The number of pyridine rings is 1. The Kier molecular flexibility index (Phi) is 3.99. The number of hydrogen-bond donors (Lipinski definition) is 1. The Morgan fingerprint density at radius 1 is 1.50 bits per heavy atom. The SMILES string of the molecule is Nc1ncccc1OCC1=C(F)CC=CC=C1Cl. The summed E-state index contributed by atoms with van der Waals surface area (Å²) >= 11 is 5.97. The van der Waals surface area contributed by atoms with E-state index in [1.165, 1.54) is 0 Å². The fraction of sp³-hybridized carbons (Fsp3) is 0.154. The number of hydrogen-bond acceptors (Lipinski definition) is 3. The van der Waals surface area contributed by atoms with Gasteiger partial charge in [-0.05, 0) is 18.2 Å². The van der Waals surface area contributed by atoms with Gasteiger partial charge in [-0.3, -0.25) is 0 Å². The molecule has 5 heteroatoms. The fourth-order valence-corrected chi connectivity index (χ4v) is 1.73. The average molecular weight is 267 g/mol. The Bertz CT molecular complexity index is 538. The lowest BCUT2D eigenvalue weighted by Crippen LogP contribution is -2.05. The predicted molar refractivity (Wildman–Crippen MR) is 70.0 cm³/mol. The first-order valence-corrected chi connectivity index (χ1v) is 5.80. The fourth-order valence-electron chi connectivity index (χ4n) is 1.50. The van der Waals surface area contributed by atoms with Crippen LogP contribution in [0.25, 0.3) is 0 Å². The molecule has 0 fully saturated rings. The molecular weight excluding hydrogens is 255 g/mol. The number of nitrogens with two attached hydrogens (primary N) is 1. The monoisotopic (exact) mass is 266 g/mol. The summed E-state index contributed by atoms with van der Waals surface area (Å²) in [7, 11) is 0. The van der Waals surface area contributed by atoms with E-state index in [0.717, 1.165) is 0 Å². The predicted octanol–water partition coefficient (Wildman–Crippen LogP) is 3.35. The molecule has 18 heavy (non-hydrogen) atoms. The molecule has 0 unspecified atom stereocenters. The van der Waals surface area contributed by atoms with Gasteiger partial charge in [0.25, 0.3) is 0 Å². The Hall–Kier alpha value is -1.81. The molecule has 1 aliphatic rings. The zero-order valence-corrected chi connectivity index (χ0v) is 10.3. The number of rotatable bonds is 3. The highest BCUT2D eigenvalue weighted by atomic mass is 35.5. The molecule has 1 aliphatic carbocycles. The van der Waals surface area contributed by atoms with E-state index in [0.29, 0.717) is 16.4 Å². The molecule has 1 aromatic rings. The van der Waals surface area contributed by atoms with Crippen molar-refractivity contribution >= 4 is 17.4 Å². The van der Waals surface area contributed by atoms with Gasteiger partial charge in [-0.25, -0.2) is 9.37 Å². The molecule has 0 spiro atoms. The third-order valence-corrected chi connectivity index (χ3v) is 2.82. The Balaban J connectivity index is 2.13. The molecule has 2 N–H and O–H groups in total. The van der Waals surface area contributed by atoms with E-state index in [-0.39, 0.29) is 24.7 Å². The Morgan fingerprint density at radius 2 is 2.33 bits per heavy atom. The number of halogens is 2. The quantitative estimate of drug-likeness (QED) is 0.913. The molecule has 1 aromatic heterocycles. The van der Waals surface area contributed by atoms with Gasteiger partial charge in [-0.2, -0.15) is 0 Å². The summed E-state index contributed by atoms with van der Waals surface area (Å²) in [5, 5.41) is 0.337. The van der Waals surface area contributed by atoms with Gasteiger partial charge < -0.3 is 10.5 Å². The van der Waals surface area contributed by atoms with E-state index in [4.69, 9.17) is 22.1 Å². The van der Waals surface area contributed by atoms with Crippen LogP contribution in [0.4, 0.5) is 10.2 Å². The molecule has 0 radical (unpaired) electrons. The molecule has 2 rings (SSSR count). The average Bonchev–Trinajstić information content (AvgIpc) is 2.51. The maximum atomic E-state index is 13.7. The smallest absolute Gasteiger partial charge is 0.166 e. The van der Waals surface area contributed by atoms with Crippen molar-refractivity contribution < 1.29 is 9.13 Å². The number of nitrogen functional groups attached to an aromatic ring is 1. The molecule has 0 atom stereocenters. The first kappa shape index (κ1) is 12.6. The molecule has 94 valence electrons. The molecule has 0 amide bonds. The first-order valence-electron chi connectivity index (χ1n) is 5.42. The van der Waals surface area contributed by atoms with Crippen molar-refractivity contribution in [1.29, 1.82) is 0 Å². The highest BCUT2D eigenvalue weighted by molar-refractivity contribution is 6.32. The van der Waals surface area contributed by atoms with E-state index in [2.05, 4.69) is 4.98 Å². The lowest BCUT2D eigenvalue weighted by molar-refractivity contribution is 0.350. The molecular formula is C13H12ClFN2O. The van der Waals surface area contributed by atoms with Crippen LogP contribution in [-0.2, 0) is 0 Å². The summed E-state index contributed by atoms with van der Waals surface area (Å²) in [5.74, 6) is 0.386. The largest absolute Gasteiger partial charge is 0.485 e. The molecule has 0 aliphatic heterocycles. The molecule has 0 saturated carbocycles. The Morgan fingerprint density at radius 3 is 3.11 bits per heavy atom. The number of allylic oxidation sites excluding steroid dienone is 4. The van der Waals surface area contributed by atoms with Crippen LogP contribution in [0.1, 0.15) is 6.42 Å². The van der Waals surface area contributed by atoms with Crippen LogP contribution in [0, 0.1) is 0 Å². The highest BCUT2D eigenvalue weighted by Crippen LogP contribution is 2.27. The number of nitrogens with zero attached hydrogens (tertiary/aromatic N) is 1. The van der Waals surface area contributed by atoms with Crippen molar-refractivity contribution in [2.75, 3.05) is 12.3 Å². The van der Waals surface area contributed by atoms with Gasteiger partial charge in [0.05, 0.1) is 0 Å². The van der Waals surface area contributed by atoms with Crippen molar-refractivity contribution in [3.8, 4) is 5.75 Å². The van der Waals surface area contributed by atoms with E-state index >= 15 is 0 Å². The van der Waals surface area contributed by atoms with E-state index in [9.17, 15) is 4.39 Å². The number of ether oxygens (including phenoxy) is 1. The van der Waals surface area contributed by atoms with Gasteiger partial charge in [0.2, 0.25) is 0 Å². The van der Waals surface area contributed by atoms with Crippen LogP contribution in [0.3, 0.4) is 0 Å². The minimum atomic E-state index is -0.299. The van der Waals surface area contributed by atoms with Gasteiger partial charge in [-0.15, -0.1) is 0 Å². The second-order valence-electron chi connectivity index (χ2n) is 3.71. The van der Waals surface area contributed by atoms with Gasteiger partial charge in [-0.1, -0.05) is 23.8 Å². The molecule has 0 aromatic carbocycles. The van der Waals surface area contributed by atoms with E-state index in [1.807, 2.05) is 0 Å². The van der Waals surface area contributed by atoms with E-state index in [1.54, 1.807) is 36.6 Å². The van der Waals surface area contributed by atoms with Crippen molar-refractivity contribution in [2.45, 2.75) is 6.42 Å². The van der Waals surface area contributed by atoms with Crippen LogP contribution < -0.4 is 10.5 Å². The minimum Gasteiger partial charge on any atom is -0.485 e. The Labute approximate surface area is 109 Å². The summed E-state index contributed by atoms with van der Waals surface area (Å²) in [5.41, 5.74) is 5.97. The lowest BCUT2D eigenvalue weighted by atomic mass is 10.2. The van der Waals surface area contributed by atoms with Gasteiger partial charge in [0.15, 0.2) is 11.6 Å². The summed E-state index contributed by atoms with van der Waals surface area (Å²) in [6, 6.07) is 3.37. The number of anilines is 1. The maximum Gasteiger partial charge on any atom is 0.166 e. The maximum absolute atomic E-state index is 13.7. The zero-order valence-electron chi connectivity index (χ0n) is 9.57. The third-order valence-electron chi connectivity index (χ3n) is 2.46. The molecule has 1 heterocycles. The second-order valence-corrected chi connectivity index (χ2v) is 4.11. The summed E-state index contributed by atoms with van der Waals surface area (Å²) in [6.45, 7) is 0.0265. The summed E-state index contributed by atoms with van der Waals surface area (Å²) in [4.78, 5) is 3.88. The summed E-state index contributed by atoms with van der Waals surface area (Å²) in [6.07, 6.45) is 6.83. The van der Waals surface area contributed by atoms with Crippen molar-refractivity contribution in [3.05, 3.63) is 53.0 Å². The first-order chi connectivity index (χ1) is 8.68. The van der Waals surface area contributed by atoms with Crippen molar-refractivity contribution in [3.63, 3.8) is 0 Å². The molecule has 0 bridgehead atoms. The normalized spacial score (nSPS) is 15.3. The van der Waals surface area contributed by atoms with Gasteiger partial charge in [0.1, 0.15) is 12.4 Å². The van der Waals surface area contributed by atoms with E-state index < -0.39 is 0 Å². The minimum absolute atomic E-state index is 0.0265. The van der Waals surface area contributed by atoms with Crippen LogP contribution in [-0.4, -0.2) is 11.6 Å². The van der Waals surface area contributed by atoms with Gasteiger partial charge >= 0.3 is 0 Å². The second kappa shape index (κ2) is 5.69. The van der Waals surface area contributed by atoms with Crippen LogP contribution in [0.15, 0.2) is 53.0 Å². The van der Waals surface area contributed by atoms with Crippen molar-refractivity contribution in [2.24, 2.45) is 0 Å². The third kappa shape index (κ3) is 2.90. The van der Waals surface area contributed by atoms with Crippen LogP contribution >= 0.6 is 11.6 Å². The molecule has 3 nitrogen and oxygen atoms in total. The van der Waals surface area contributed by atoms with Crippen molar-refractivity contribution in [1.82, 2.24) is 4.98 Å². The lowest BCUT2D eigenvalue weighted by Gasteiger charge is -2.10. The summed E-state index contributed by atoms with van der Waals surface area (Å²) < 4.78 is 19.2. The topological polar surface area (TPSA) is 48.1 Å². The van der Waals surface area contributed by atoms with Crippen LogP contribution in [0.2, 0.25) is 0 Å². The molecule has 0 saturated heterocycles. The standard InChI is InChI=1S/C13H12ClFN2O/c14-10-4-1-2-5-11(15)9(10)8-18-12-6-3-7-17-13(12)16/h1-4,6-7H,5,8H2,(H2,16,17). The number of aromatic nitrogens is 1. The van der Waals surface area contributed by atoms with Crippen LogP contribution in [0.5, 0.6) is 5.75 Å².